The standard InChI is InChI=1S/C11H15BrN2O2/c1-3-8(7-16-2)13-11(15)9-5-4-6-10(12)14-9/h4-6,8H,3,7H2,1-2H3,(H,13,15). The molecule has 4 nitrogen and oxygen atoms in total. The molecule has 1 aromatic rings. The predicted molar refractivity (Wildman–Crippen MR) is 65.4 cm³/mol. The van der Waals surface area contributed by atoms with E-state index in [9.17, 15) is 4.79 Å². The number of pyridine rings is 1. The maximum absolute atomic E-state index is 11.8. The zero-order chi connectivity index (χ0) is 12.0. The molecule has 0 spiro atoms. The molecule has 1 rings (SSSR count). The van der Waals surface area contributed by atoms with E-state index in [2.05, 4.69) is 26.2 Å². The number of halogens is 1. The van der Waals surface area contributed by atoms with Gasteiger partial charge in [0.05, 0.1) is 12.6 Å². The van der Waals surface area contributed by atoms with Crippen molar-refractivity contribution in [1.82, 2.24) is 10.3 Å². The zero-order valence-corrected chi connectivity index (χ0v) is 11.0. The molecule has 88 valence electrons. The van der Waals surface area contributed by atoms with E-state index in [1.807, 2.05) is 6.92 Å². The fourth-order valence-electron chi connectivity index (χ4n) is 1.26. The second-order valence-electron chi connectivity index (χ2n) is 3.38. The molecule has 0 aliphatic carbocycles. The first-order chi connectivity index (χ1) is 7.67. The molecule has 1 N–H and O–H groups in total. The van der Waals surface area contributed by atoms with Gasteiger partial charge in [-0.05, 0) is 34.5 Å². The average Bonchev–Trinajstić information content (AvgIpc) is 2.28. The summed E-state index contributed by atoms with van der Waals surface area (Å²) >= 11 is 3.23. The minimum absolute atomic E-state index is 0.0262. The summed E-state index contributed by atoms with van der Waals surface area (Å²) in [6.45, 7) is 2.51. The maximum Gasteiger partial charge on any atom is 0.270 e. The van der Waals surface area contributed by atoms with E-state index >= 15 is 0 Å². The predicted octanol–water partition coefficient (Wildman–Crippen LogP) is 2.00. The molecule has 0 aliphatic heterocycles. The Balaban J connectivity index is 2.64. The summed E-state index contributed by atoms with van der Waals surface area (Å²) in [5, 5.41) is 2.86. The van der Waals surface area contributed by atoms with Gasteiger partial charge in [-0.15, -0.1) is 0 Å². The third-order valence-corrected chi connectivity index (χ3v) is 2.59. The van der Waals surface area contributed by atoms with Crippen LogP contribution in [0, 0.1) is 0 Å². The number of ether oxygens (including phenoxy) is 1. The van der Waals surface area contributed by atoms with Crippen LogP contribution in [0.3, 0.4) is 0 Å². The van der Waals surface area contributed by atoms with Crippen LogP contribution in [0.4, 0.5) is 0 Å². The molecular weight excluding hydrogens is 272 g/mol. The summed E-state index contributed by atoms with van der Waals surface area (Å²) < 4.78 is 5.66. The molecule has 0 aromatic carbocycles. The number of rotatable bonds is 5. The van der Waals surface area contributed by atoms with Gasteiger partial charge in [0, 0.05) is 7.11 Å². The molecule has 1 atom stereocenters. The largest absolute Gasteiger partial charge is 0.383 e. The van der Waals surface area contributed by atoms with Crippen LogP contribution in [0.2, 0.25) is 0 Å². The van der Waals surface area contributed by atoms with Crippen LogP contribution in [0.25, 0.3) is 0 Å². The number of amides is 1. The molecule has 0 aliphatic rings. The first kappa shape index (κ1) is 13.1. The van der Waals surface area contributed by atoms with Gasteiger partial charge in [-0.2, -0.15) is 0 Å². The highest BCUT2D eigenvalue weighted by molar-refractivity contribution is 9.10. The lowest BCUT2D eigenvalue weighted by molar-refractivity contribution is 0.0889. The highest BCUT2D eigenvalue weighted by atomic mass is 79.9. The Morgan fingerprint density at radius 3 is 2.94 bits per heavy atom. The monoisotopic (exact) mass is 286 g/mol. The first-order valence-corrected chi connectivity index (χ1v) is 5.89. The summed E-state index contributed by atoms with van der Waals surface area (Å²) in [7, 11) is 1.62. The van der Waals surface area contributed by atoms with Gasteiger partial charge in [0.2, 0.25) is 0 Å². The Hall–Kier alpha value is -0.940. The lowest BCUT2D eigenvalue weighted by Gasteiger charge is -2.15. The third kappa shape index (κ3) is 3.90. The van der Waals surface area contributed by atoms with Crippen molar-refractivity contribution in [2.24, 2.45) is 0 Å². The molecule has 1 unspecified atom stereocenters. The summed E-state index contributed by atoms with van der Waals surface area (Å²) in [6.07, 6.45) is 0.827. The van der Waals surface area contributed by atoms with Crippen molar-refractivity contribution in [2.75, 3.05) is 13.7 Å². The second-order valence-corrected chi connectivity index (χ2v) is 4.19. The zero-order valence-electron chi connectivity index (χ0n) is 9.37. The molecule has 1 amide bonds. The van der Waals surface area contributed by atoms with Gasteiger partial charge in [0.15, 0.2) is 0 Å². The van der Waals surface area contributed by atoms with Crippen LogP contribution < -0.4 is 5.32 Å². The van der Waals surface area contributed by atoms with Gasteiger partial charge in [-0.1, -0.05) is 13.0 Å². The molecule has 0 bridgehead atoms. The SMILES string of the molecule is CCC(COC)NC(=O)c1cccc(Br)n1. The van der Waals surface area contributed by atoms with Crippen LogP contribution in [-0.4, -0.2) is 30.6 Å². The van der Waals surface area contributed by atoms with E-state index < -0.39 is 0 Å². The van der Waals surface area contributed by atoms with Crippen molar-refractivity contribution in [2.45, 2.75) is 19.4 Å². The Bertz CT molecular complexity index is 358. The molecule has 0 saturated carbocycles. The summed E-state index contributed by atoms with van der Waals surface area (Å²) in [6, 6.07) is 5.27. The Kier molecular flexibility index (Phi) is 5.42. The number of aromatic nitrogens is 1. The number of carbonyl (C=O) groups is 1. The third-order valence-electron chi connectivity index (χ3n) is 2.14. The van der Waals surface area contributed by atoms with Gasteiger partial charge in [-0.25, -0.2) is 4.98 Å². The number of nitrogens with zero attached hydrogens (tertiary/aromatic N) is 1. The smallest absolute Gasteiger partial charge is 0.270 e. The van der Waals surface area contributed by atoms with Gasteiger partial charge < -0.3 is 10.1 Å². The number of methoxy groups -OCH3 is 1. The molecule has 1 aromatic heterocycles. The molecule has 1 heterocycles. The second kappa shape index (κ2) is 6.60. The fourth-order valence-corrected chi connectivity index (χ4v) is 1.60. The number of hydrogen-bond donors (Lipinski definition) is 1. The van der Waals surface area contributed by atoms with E-state index in [1.165, 1.54) is 0 Å². The highest BCUT2D eigenvalue weighted by Gasteiger charge is 2.12. The Morgan fingerprint density at radius 2 is 2.38 bits per heavy atom. The topological polar surface area (TPSA) is 51.2 Å². The number of carbonyl (C=O) groups excluding carboxylic acids is 1. The lowest BCUT2D eigenvalue weighted by atomic mass is 10.2. The van der Waals surface area contributed by atoms with E-state index in [0.717, 1.165) is 6.42 Å². The van der Waals surface area contributed by atoms with Crippen molar-refractivity contribution >= 4 is 21.8 Å². The minimum Gasteiger partial charge on any atom is -0.383 e. The van der Waals surface area contributed by atoms with Crippen LogP contribution in [-0.2, 0) is 4.74 Å². The number of nitrogens with one attached hydrogen (secondary N) is 1. The van der Waals surface area contributed by atoms with Crippen molar-refractivity contribution in [3.8, 4) is 0 Å². The van der Waals surface area contributed by atoms with Gasteiger partial charge in [0.25, 0.3) is 5.91 Å². The quantitative estimate of drug-likeness (QED) is 0.843. The van der Waals surface area contributed by atoms with Crippen molar-refractivity contribution in [3.05, 3.63) is 28.5 Å². The minimum atomic E-state index is -0.176. The molecule has 0 radical (unpaired) electrons. The van der Waals surface area contributed by atoms with Crippen LogP contribution >= 0.6 is 15.9 Å². The average molecular weight is 287 g/mol. The van der Waals surface area contributed by atoms with E-state index in [4.69, 9.17) is 4.74 Å². The lowest BCUT2D eigenvalue weighted by Crippen LogP contribution is -2.37. The summed E-state index contributed by atoms with van der Waals surface area (Å²) in [4.78, 5) is 15.9. The molecule has 0 saturated heterocycles. The Labute approximate surface area is 104 Å². The van der Waals surface area contributed by atoms with Gasteiger partial charge >= 0.3 is 0 Å². The first-order valence-electron chi connectivity index (χ1n) is 5.09. The normalized spacial score (nSPS) is 12.2. The summed E-state index contributed by atoms with van der Waals surface area (Å²) in [5.74, 6) is -0.176. The fraction of sp³-hybridized carbons (Fsp3) is 0.455. The van der Waals surface area contributed by atoms with Crippen molar-refractivity contribution in [3.63, 3.8) is 0 Å². The van der Waals surface area contributed by atoms with Crippen molar-refractivity contribution in [1.29, 1.82) is 0 Å². The van der Waals surface area contributed by atoms with Crippen molar-refractivity contribution < 1.29 is 9.53 Å². The molecule has 16 heavy (non-hydrogen) atoms. The van der Waals surface area contributed by atoms with Crippen LogP contribution in [0.1, 0.15) is 23.8 Å². The highest BCUT2D eigenvalue weighted by Crippen LogP contribution is 2.06. The maximum atomic E-state index is 11.8. The number of hydrogen-bond acceptors (Lipinski definition) is 3. The van der Waals surface area contributed by atoms with Crippen LogP contribution in [0.5, 0.6) is 0 Å². The van der Waals surface area contributed by atoms with E-state index in [-0.39, 0.29) is 11.9 Å². The van der Waals surface area contributed by atoms with Gasteiger partial charge in [-0.3, -0.25) is 4.79 Å². The van der Waals surface area contributed by atoms with Gasteiger partial charge in [0.1, 0.15) is 10.3 Å². The van der Waals surface area contributed by atoms with E-state index in [1.54, 1.807) is 25.3 Å². The summed E-state index contributed by atoms with van der Waals surface area (Å²) in [5.41, 5.74) is 0.406. The molecule has 0 fully saturated rings. The van der Waals surface area contributed by atoms with E-state index in [0.29, 0.717) is 16.9 Å². The van der Waals surface area contributed by atoms with Crippen LogP contribution in [0.15, 0.2) is 22.8 Å². The Morgan fingerprint density at radius 1 is 1.62 bits per heavy atom. The molecule has 5 heteroatoms. The molecular formula is C11H15BrN2O2.